The van der Waals surface area contributed by atoms with E-state index in [4.69, 9.17) is 15.2 Å². The van der Waals surface area contributed by atoms with Crippen molar-refractivity contribution in [2.24, 2.45) is 10.7 Å². The third kappa shape index (κ3) is 4.07. The molecule has 2 atom stereocenters. The molecule has 1 spiro atoms. The maximum absolute atomic E-state index is 13.4. The number of nitriles is 1. The molecule has 0 radical (unpaired) electrons. The molecule has 34 heavy (non-hydrogen) atoms. The van der Waals surface area contributed by atoms with Crippen molar-refractivity contribution in [3.63, 3.8) is 0 Å². The first-order valence-electron chi connectivity index (χ1n) is 10.7. The van der Waals surface area contributed by atoms with Crippen molar-refractivity contribution in [3.05, 3.63) is 53.1 Å². The largest absolute Gasteiger partial charge is 0.488 e. The van der Waals surface area contributed by atoms with Gasteiger partial charge in [-0.1, -0.05) is 13.0 Å². The summed E-state index contributed by atoms with van der Waals surface area (Å²) in [6.07, 6.45) is -4.08. The highest BCUT2D eigenvalue weighted by atomic mass is 19.4. The van der Waals surface area contributed by atoms with Gasteiger partial charge in [0.25, 0.3) is 5.91 Å². The van der Waals surface area contributed by atoms with Gasteiger partial charge in [0.15, 0.2) is 11.5 Å². The monoisotopic (exact) mass is 472 g/mol. The van der Waals surface area contributed by atoms with Crippen molar-refractivity contribution >= 4 is 11.9 Å². The Labute approximate surface area is 194 Å². The molecule has 2 aromatic carbocycles. The lowest BCUT2D eigenvalue weighted by Crippen LogP contribution is -2.46. The van der Waals surface area contributed by atoms with Crippen LogP contribution < -0.4 is 10.5 Å². The maximum atomic E-state index is 13.4. The van der Waals surface area contributed by atoms with Crippen molar-refractivity contribution in [3.8, 4) is 22.9 Å². The van der Waals surface area contributed by atoms with E-state index in [0.29, 0.717) is 23.5 Å². The Bertz CT molecular complexity index is 1200. The SMILES string of the molecule is CCCOCC1C[C@]2(N=C(N)N(C)C2=O)c2cc(-c3cc(C#N)cc(C(F)(F)F)c3)ccc2O1. The summed E-state index contributed by atoms with van der Waals surface area (Å²) in [6, 6.07) is 9.69. The predicted molar refractivity (Wildman–Crippen MR) is 118 cm³/mol. The Kier molecular flexibility index (Phi) is 6.00. The number of likely N-dealkylation sites (N-methyl/N-ethyl adjacent to an activating group) is 1. The van der Waals surface area contributed by atoms with E-state index in [-0.39, 0.29) is 36.0 Å². The standard InChI is InChI=1S/C24H23F3N4O3/c1-3-6-33-13-18-11-23(21(32)31(2)22(29)30-23)19-10-15(4-5-20(19)34-18)16-7-14(12-28)8-17(9-16)24(25,26)27/h4-5,7-10,18H,3,6,11,13H2,1-2H3,(H2,29,30)/t18?,23-/m0/s1. The van der Waals surface area contributed by atoms with Crippen molar-refractivity contribution < 1.29 is 27.4 Å². The van der Waals surface area contributed by atoms with Crippen LogP contribution in [0.15, 0.2) is 41.4 Å². The summed E-state index contributed by atoms with van der Waals surface area (Å²) in [5.74, 6) is 0.0732. The zero-order chi connectivity index (χ0) is 24.7. The van der Waals surface area contributed by atoms with Crippen LogP contribution in [0.2, 0.25) is 0 Å². The summed E-state index contributed by atoms with van der Waals surface area (Å²) in [5.41, 5.74) is 4.53. The molecule has 1 amide bonds. The molecule has 178 valence electrons. The van der Waals surface area contributed by atoms with Crippen LogP contribution in [0.3, 0.4) is 0 Å². The third-order valence-corrected chi connectivity index (χ3v) is 5.92. The number of fused-ring (bicyclic) bond motifs is 2. The predicted octanol–water partition coefficient (Wildman–Crippen LogP) is 3.80. The van der Waals surface area contributed by atoms with Gasteiger partial charge in [0.1, 0.15) is 11.9 Å². The molecule has 2 aliphatic rings. The van der Waals surface area contributed by atoms with Crippen LogP contribution in [0.4, 0.5) is 13.2 Å². The van der Waals surface area contributed by atoms with Gasteiger partial charge in [-0.2, -0.15) is 18.4 Å². The minimum absolute atomic E-state index is 0.0438. The molecule has 0 saturated carbocycles. The van der Waals surface area contributed by atoms with Gasteiger partial charge in [-0.15, -0.1) is 0 Å². The highest BCUT2D eigenvalue weighted by molar-refractivity contribution is 6.07. The number of hydrogen-bond acceptors (Lipinski definition) is 6. The van der Waals surface area contributed by atoms with E-state index in [1.807, 2.05) is 6.92 Å². The number of nitrogens with two attached hydrogens (primary N) is 1. The van der Waals surface area contributed by atoms with Crippen molar-refractivity contribution in [2.45, 2.75) is 37.6 Å². The molecular weight excluding hydrogens is 449 g/mol. The van der Waals surface area contributed by atoms with E-state index >= 15 is 0 Å². The normalized spacial score (nSPS) is 21.8. The number of aliphatic imine (C=N–C) groups is 1. The van der Waals surface area contributed by atoms with Gasteiger partial charge in [0.2, 0.25) is 0 Å². The zero-order valence-electron chi connectivity index (χ0n) is 18.6. The zero-order valence-corrected chi connectivity index (χ0v) is 18.6. The minimum atomic E-state index is -4.62. The Morgan fingerprint density at radius 3 is 2.68 bits per heavy atom. The maximum Gasteiger partial charge on any atom is 0.416 e. The summed E-state index contributed by atoms with van der Waals surface area (Å²) in [7, 11) is 1.52. The number of nitrogens with zero attached hydrogens (tertiary/aromatic N) is 3. The molecule has 0 aliphatic carbocycles. The first kappa shape index (κ1) is 23.6. The summed E-state index contributed by atoms with van der Waals surface area (Å²) in [5, 5.41) is 9.24. The average Bonchev–Trinajstić information content (AvgIpc) is 3.02. The Hall–Kier alpha value is -3.58. The summed E-state index contributed by atoms with van der Waals surface area (Å²) in [4.78, 5) is 19.1. The van der Waals surface area contributed by atoms with Crippen LogP contribution in [-0.4, -0.2) is 43.1 Å². The van der Waals surface area contributed by atoms with Crippen molar-refractivity contribution in [2.75, 3.05) is 20.3 Å². The van der Waals surface area contributed by atoms with Gasteiger partial charge < -0.3 is 15.2 Å². The Morgan fingerprint density at radius 1 is 1.29 bits per heavy atom. The number of alkyl halides is 3. The van der Waals surface area contributed by atoms with E-state index in [1.54, 1.807) is 24.3 Å². The minimum Gasteiger partial charge on any atom is -0.488 e. The lowest BCUT2D eigenvalue weighted by molar-refractivity contribution is -0.137. The average molecular weight is 472 g/mol. The number of halogens is 3. The second-order valence-electron chi connectivity index (χ2n) is 8.33. The lowest BCUT2D eigenvalue weighted by atomic mass is 9.80. The number of guanidine groups is 1. The summed E-state index contributed by atoms with van der Waals surface area (Å²) >= 11 is 0. The molecule has 0 bridgehead atoms. The molecule has 2 heterocycles. The number of hydrogen-bond donors (Lipinski definition) is 1. The van der Waals surface area contributed by atoms with E-state index in [2.05, 4.69) is 4.99 Å². The molecule has 0 saturated heterocycles. The molecule has 0 aromatic heterocycles. The van der Waals surface area contributed by atoms with E-state index < -0.39 is 23.4 Å². The molecule has 2 aliphatic heterocycles. The summed E-state index contributed by atoms with van der Waals surface area (Å²) in [6.45, 7) is 2.77. The quantitative estimate of drug-likeness (QED) is 0.667. The fourth-order valence-electron chi connectivity index (χ4n) is 4.28. The van der Waals surface area contributed by atoms with Crippen LogP contribution in [0.1, 0.15) is 36.5 Å². The highest BCUT2D eigenvalue weighted by Crippen LogP contribution is 2.47. The lowest BCUT2D eigenvalue weighted by Gasteiger charge is -2.36. The van der Waals surface area contributed by atoms with Crippen LogP contribution in [0.25, 0.3) is 11.1 Å². The van der Waals surface area contributed by atoms with Crippen LogP contribution in [0, 0.1) is 11.3 Å². The van der Waals surface area contributed by atoms with E-state index in [9.17, 15) is 23.2 Å². The van der Waals surface area contributed by atoms with Crippen LogP contribution >= 0.6 is 0 Å². The van der Waals surface area contributed by atoms with E-state index in [1.165, 1.54) is 18.0 Å². The first-order chi connectivity index (χ1) is 16.1. The molecular formula is C24H23F3N4O3. The van der Waals surface area contributed by atoms with Gasteiger partial charge in [-0.3, -0.25) is 9.69 Å². The number of carbonyl (C=O) groups excluding carboxylic acids is 1. The number of carbonyl (C=O) groups is 1. The molecule has 10 heteroatoms. The molecule has 0 fully saturated rings. The number of benzene rings is 2. The van der Waals surface area contributed by atoms with Gasteiger partial charge in [-0.25, -0.2) is 4.99 Å². The first-order valence-corrected chi connectivity index (χ1v) is 10.7. The fraction of sp³-hybridized carbons (Fsp3) is 0.375. The molecule has 1 unspecified atom stereocenters. The molecule has 2 aromatic rings. The Morgan fingerprint density at radius 2 is 2.06 bits per heavy atom. The second-order valence-corrected chi connectivity index (χ2v) is 8.33. The Balaban J connectivity index is 1.83. The smallest absolute Gasteiger partial charge is 0.416 e. The summed E-state index contributed by atoms with van der Waals surface area (Å²) < 4.78 is 51.9. The highest BCUT2D eigenvalue weighted by Gasteiger charge is 2.53. The number of rotatable bonds is 5. The third-order valence-electron chi connectivity index (χ3n) is 5.92. The number of ether oxygens (including phenoxy) is 2. The van der Waals surface area contributed by atoms with Crippen molar-refractivity contribution in [1.29, 1.82) is 5.26 Å². The van der Waals surface area contributed by atoms with Crippen molar-refractivity contribution in [1.82, 2.24) is 4.90 Å². The van der Waals surface area contributed by atoms with Crippen LogP contribution in [-0.2, 0) is 21.2 Å². The fourth-order valence-corrected chi connectivity index (χ4v) is 4.28. The topological polar surface area (TPSA) is 101 Å². The van der Waals surface area contributed by atoms with Gasteiger partial charge in [0.05, 0.1) is 23.8 Å². The number of amides is 1. The second kappa shape index (κ2) is 8.65. The molecule has 2 N–H and O–H groups in total. The van der Waals surface area contributed by atoms with E-state index in [0.717, 1.165) is 18.6 Å². The van der Waals surface area contributed by atoms with Gasteiger partial charge in [0, 0.05) is 25.6 Å². The molecule has 4 rings (SSSR count). The van der Waals surface area contributed by atoms with Crippen LogP contribution in [0.5, 0.6) is 5.75 Å². The molecule has 7 nitrogen and oxygen atoms in total. The van der Waals surface area contributed by atoms with Gasteiger partial charge in [-0.05, 0) is 47.9 Å². The van der Waals surface area contributed by atoms with Gasteiger partial charge >= 0.3 is 6.18 Å².